The first-order valence-corrected chi connectivity index (χ1v) is 7.44. The van der Waals surface area contributed by atoms with Crippen LogP contribution in [-0.4, -0.2) is 21.8 Å². The van der Waals surface area contributed by atoms with E-state index >= 15 is 0 Å². The summed E-state index contributed by atoms with van der Waals surface area (Å²) in [6.45, 7) is 2.12. The van der Waals surface area contributed by atoms with Crippen LogP contribution < -0.4 is 10.1 Å². The number of halogens is 1. The summed E-state index contributed by atoms with van der Waals surface area (Å²) < 4.78 is 6.27. The fourth-order valence-corrected chi connectivity index (χ4v) is 3.96. The van der Waals surface area contributed by atoms with Crippen LogP contribution in [0.3, 0.4) is 0 Å². The highest BCUT2D eigenvalue weighted by Crippen LogP contribution is 2.49. The van der Waals surface area contributed by atoms with E-state index in [0.717, 1.165) is 22.8 Å². The molecule has 0 amide bonds. The van der Waals surface area contributed by atoms with Gasteiger partial charge in [-0.1, -0.05) is 23.7 Å². The van der Waals surface area contributed by atoms with E-state index in [0.29, 0.717) is 11.1 Å². The molecule has 4 rings (SSSR count). The largest absolute Gasteiger partial charge is 0.466 e. The maximum atomic E-state index is 6.29. The molecule has 19 heavy (non-hydrogen) atoms. The maximum Gasteiger partial charge on any atom is 0.184 e. The Morgan fingerprint density at radius 3 is 3.00 bits per heavy atom. The Morgan fingerprint density at radius 1 is 1.47 bits per heavy atom. The lowest BCUT2D eigenvalue weighted by molar-refractivity contribution is -0.0720. The molecule has 2 fully saturated rings. The minimum absolute atomic E-state index is 0.204. The molecule has 5 heteroatoms. The van der Waals surface area contributed by atoms with Crippen molar-refractivity contribution < 1.29 is 4.74 Å². The standard InChI is InChI=1S/C14H15ClN2OS/c1-14-7-11(16-13(19)17(14)8-5-6-8)9-3-2-4-10(15)12(9)18-14/h2-4,8,11H,5-7H2,1H3,(H,16,19). The van der Waals surface area contributed by atoms with Crippen LogP contribution in [0.15, 0.2) is 18.2 Å². The number of thiocarbonyl (C=S) groups is 1. The van der Waals surface area contributed by atoms with Crippen LogP contribution in [0.1, 0.15) is 37.8 Å². The number of hydrogen-bond acceptors (Lipinski definition) is 2. The molecule has 2 atom stereocenters. The molecule has 100 valence electrons. The number of ether oxygens (including phenoxy) is 1. The topological polar surface area (TPSA) is 24.5 Å². The Labute approximate surface area is 122 Å². The normalized spacial score (nSPS) is 32.4. The van der Waals surface area contributed by atoms with Crippen LogP contribution in [-0.2, 0) is 0 Å². The van der Waals surface area contributed by atoms with Crippen LogP contribution in [0.4, 0.5) is 0 Å². The van der Waals surface area contributed by atoms with Gasteiger partial charge in [-0.05, 0) is 38.0 Å². The van der Waals surface area contributed by atoms with Gasteiger partial charge in [-0.3, -0.25) is 0 Å². The van der Waals surface area contributed by atoms with Crippen LogP contribution >= 0.6 is 23.8 Å². The van der Waals surface area contributed by atoms with Gasteiger partial charge in [0.1, 0.15) is 5.75 Å². The second-order valence-electron chi connectivity index (χ2n) is 5.74. The fourth-order valence-electron chi connectivity index (χ4n) is 3.25. The summed E-state index contributed by atoms with van der Waals surface area (Å²) in [4.78, 5) is 2.23. The molecule has 3 aliphatic rings. The van der Waals surface area contributed by atoms with Crippen molar-refractivity contribution in [3.05, 3.63) is 28.8 Å². The molecule has 1 saturated heterocycles. The van der Waals surface area contributed by atoms with Crippen molar-refractivity contribution in [1.82, 2.24) is 10.2 Å². The second kappa shape index (κ2) is 3.76. The summed E-state index contributed by atoms with van der Waals surface area (Å²) in [5.74, 6) is 0.809. The first-order valence-electron chi connectivity index (χ1n) is 6.66. The van der Waals surface area contributed by atoms with Gasteiger partial charge in [0, 0.05) is 18.0 Å². The molecule has 1 aromatic rings. The lowest BCUT2D eigenvalue weighted by Gasteiger charge is -2.52. The van der Waals surface area contributed by atoms with Gasteiger partial charge >= 0.3 is 0 Å². The molecular formula is C14H15ClN2OS. The Morgan fingerprint density at radius 2 is 2.26 bits per heavy atom. The summed E-state index contributed by atoms with van der Waals surface area (Å²) in [7, 11) is 0. The first-order chi connectivity index (χ1) is 9.08. The number of hydrogen-bond donors (Lipinski definition) is 1. The molecule has 2 aliphatic heterocycles. The molecule has 2 unspecified atom stereocenters. The Balaban J connectivity index is 1.83. The van der Waals surface area contributed by atoms with Crippen molar-refractivity contribution in [2.24, 2.45) is 0 Å². The van der Waals surface area contributed by atoms with E-state index in [4.69, 9.17) is 28.6 Å². The highest BCUT2D eigenvalue weighted by molar-refractivity contribution is 7.80. The van der Waals surface area contributed by atoms with Crippen molar-refractivity contribution in [2.45, 2.75) is 44.0 Å². The molecule has 2 heterocycles. The van der Waals surface area contributed by atoms with Crippen LogP contribution in [0.2, 0.25) is 5.02 Å². The zero-order valence-corrected chi connectivity index (χ0v) is 12.2. The third kappa shape index (κ3) is 1.66. The van der Waals surface area contributed by atoms with Gasteiger partial charge in [-0.2, -0.15) is 0 Å². The van der Waals surface area contributed by atoms with E-state index in [1.165, 1.54) is 12.8 Å². The average molecular weight is 295 g/mol. The number of nitrogens with one attached hydrogen (secondary N) is 1. The minimum Gasteiger partial charge on any atom is -0.466 e. The van der Waals surface area contributed by atoms with Crippen molar-refractivity contribution >= 4 is 28.9 Å². The highest BCUT2D eigenvalue weighted by atomic mass is 35.5. The third-order valence-corrected chi connectivity index (χ3v) is 4.83. The summed E-state index contributed by atoms with van der Waals surface area (Å²) in [6, 6.07) is 6.63. The summed E-state index contributed by atoms with van der Waals surface area (Å²) in [5.41, 5.74) is 0.745. The number of benzene rings is 1. The Bertz CT molecular complexity index is 575. The second-order valence-corrected chi connectivity index (χ2v) is 6.54. The van der Waals surface area contributed by atoms with E-state index < -0.39 is 0 Å². The molecule has 0 spiro atoms. The molecular weight excluding hydrogens is 280 g/mol. The summed E-state index contributed by atoms with van der Waals surface area (Å²) in [5, 5.41) is 4.94. The number of para-hydroxylation sites is 1. The van der Waals surface area contributed by atoms with Crippen molar-refractivity contribution in [2.75, 3.05) is 0 Å². The molecule has 0 aromatic heterocycles. The van der Waals surface area contributed by atoms with Gasteiger partial charge in [0.2, 0.25) is 0 Å². The number of nitrogens with zero attached hydrogens (tertiary/aromatic N) is 1. The predicted molar refractivity (Wildman–Crippen MR) is 78.4 cm³/mol. The number of rotatable bonds is 1. The van der Waals surface area contributed by atoms with E-state index in [1.54, 1.807) is 0 Å². The summed E-state index contributed by atoms with van der Waals surface area (Å²) >= 11 is 11.8. The van der Waals surface area contributed by atoms with E-state index in [-0.39, 0.29) is 11.8 Å². The first kappa shape index (κ1) is 11.8. The lowest BCUT2D eigenvalue weighted by atomic mass is 9.90. The van der Waals surface area contributed by atoms with Crippen LogP contribution in [0.25, 0.3) is 0 Å². The molecule has 1 N–H and O–H groups in total. The maximum absolute atomic E-state index is 6.29. The van der Waals surface area contributed by atoms with E-state index in [9.17, 15) is 0 Å². The zero-order valence-electron chi connectivity index (χ0n) is 10.6. The van der Waals surface area contributed by atoms with E-state index in [1.807, 2.05) is 12.1 Å². The molecule has 3 nitrogen and oxygen atoms in total. The molecule has 1 aromatic carbocycles. The SMILES string of the molecule is CC12CC(NC(=S)N1C1CC1)c1cccc(Cl)c1O2. The lowest BCUT2D eigenvalue weighted by Crippen LogP contribution is -2.65. The quantitative estimate of drug-likeness (QED) is 0.804. The van der Waals surface area contributed by atoms with Gasteiger partial charge in [0.05, 0.1) is 11.1 Å². The highest BCUT2D eigenvalue weighted by Gasteiger charge is 2.52. The minimum atomic E-state index is -0.369. The van der Waals surface area contributed by atoms with Gasteiger partial charge in [0.25, 0.3) is 0 Å². The van der Waals surface area contributed by atoms with Gasteiger partial charge in [-0.25, -0.2) is 0 Å². The van der Waals surface area contributed by atoms with Crippen LogP contribution in [0.5, 0.6) is 5.75 Å². The third-order valence-electron chi connectivity index (χ3n) is 4.22. The van der Waals surface area contributed by atoms with Crippen molar-refractivity contribution in [3.8, 4) is 5.75 Å². The van der Waals surface area contributed by atoms with Crippen molar-refractivity contribution in [1.29, 1.82) is 0 Å². The summed E-state index contributed by atoms with van der Waals surface area (Å²) in [6.07, 6.45) is 3.29. The van der Waals surface area contributed by atoms with Gasteiger partial charge in [0.15, 0.2) is 10.8 Å². The van der Waals surface area contributed by atoms with Crippen LogP contribution in [0, 0.1) is 0 Å². The monoisotopic (exact) mass is 294 g/mol. The molecule has 0 radical (unpaired) electrons. The molecule has 1 aliphatic carbocycles. The zero-order chi connectivity index (χ0) is 13.2. The predicted octanol–water partition coefficient (Wildman–Crippen LogP) is 3.23. The van der Waals surface area contributed by atoms with E-state index in [2.05, 4.69) is 23.2 Å². The molecule has 2 bridgehead atoms. The fraction of sp³-hybridized carbons (Fsp3) is 0.500. The van der Waals surface area contributed by atoms with Gasteiger partial charge in [-0.15, -0.1) is 0 Å². The average Bonchev–Trinajstić information content (AvgIpc) is 3.14. The smallest absolute Gasteiger partial charge is 0.184 e. The van der Waals surface area contributed by atoms with Gasteiger partial charge < -0.3 is 15.0 Å². The van der Waals surface area contributed by atoms with Crippen molar-refractivity contribution in [3.63, 3.8) is 0 Å². The Hall–Kier alpha value is -1.00. The number of fused-ring (bicyclic) bond motifs is 4. The molecule has 1 saturated carbocycles. The Kier molecular flexibility index (Phi) is 2.34.